The van der Waals surface area contributed by atoms with Gasteiger partial charge in [-0.1, -0.05) is 17.3 Å². The normalized spacial score (nSPS) is 12.6. The molecule has 2 aromatic heterocycles. The Morgan fingerprint density at radius 2 is 2.16 bits per heavy atom. The molecule has 0 spiro atoms. The number of likely N-dealkylation sites (N-methyl/N-ethyl adjacent to an activating group) is 1. The minimum atomic E-state index is -0.0959. The highest BCUT2D eigenvalue weighted by molar-refractivity contribution is 7.98. The molecule has 0 saturated carbocycles. The number of benzene rings is 1. The number of H-pyrrole nitrogens is 1. The second-order valence-corrected chi connectivity index (χ2v) is 6.94. The van der Waals surface area contributed by atoms with Crippen LogP contribution in [0, 0.1) is 0 Å². The van der Waals surface area contributed by atoms with E-state index in [0.717, 1.165) is 23.5 Å². The molecule has 0 amide bonds. The Hall–Kier alpha value is -2.19. The van der Waals surface area contributed by atoms with E-state index in [0.29, 0.717) is 35.3 Å². The molecule has 0 saturated heterocycles. The zero-order chi connectivity index (χ0) is 17.6. The molecule has 0 bridgehead atoms. The maximum absolute atomic E-state index is 12.0. The third-order valence-corrected chi connectivity index (χ3v) is 4.82. The van der Waals surface area contributed by atoms with Crippen LogP contribution in [0.2, 0.25) is 0 Å². The molecule has 1 aromatic carbocycles. The Bertz CT molecular complexity index is 892. The van der Waals surface area contributed by atoms with E-state index in [1.807, 2.05) is 25.2 Å². The molecule has 0 aliphatic carbocycles. The molecule has 0 aliphatic rings. The molecule has 0 fully saturated rings. The number of fused-ring (bicyclic) bond motifs is 1. The first-order valence-electron chi connectivity index (χ1n) is 8.20. The number of aryl methyl sites for hydroxylation is 1. The topological polar surface area (TPSA) is 96.7 Å². The van der Waals surface area contributed by atoms with E-state index in [9.17, 15) is 4.79 Å². The third kappa shape index (κ3) is 4.67. The highest BCUT2D eigenvalue weighted by Gasteiger charge is 2.09. The van der Waals surface area contributed by atoms with E-state index >= 15 is 0 Å². The maximum Gasteiger partial charge on any atom is 0.258 e. The van der Waals surface area contributed by atoms with Crippen molar-refractivity contribution in [1.82, 2.24) is 25.4 Å². The second kappa shape index (κ2) is 8.26. The summed E-state index contributed by atoms with van der Waals surface area (Å²) >= 11 is 1.67. The van der Waals surface area contributed by atoms with Crippen LogP contribution in [0.5, 0.6) is 0 Å². The largest absolute Gasteiger partial charge is 0.339 e. The number of nitrogens with one attached hydrogen (secondary N) is 2. The van der Waals surface area contributed by atoms with Gasteiger partial charge in [0.25, 0.3) is 5.56 Å². The van der Waals surface area contributed by atoms with Gasteiger partial charge in [-0.15, -0.1) is 0 Å². The molecule has 0 radical (unpaired) electrons. The first-order chi connectivity index (χ1) is 12.2. The van der Waals surface area contributed by atoms with Crippen LogP contribution in [0.1, 0.15) is 24.5 Å². The van der Waals surface area contributed by atoms with Gasteiger partial charge in [0.15, 0.2) is 5.82 Å². The molecule has 1 unspecified atom stereocenters. The fraction of sp³-hybridized carbons (Fsp3) is 0.412. The van der Waals surface area contributed by atoms with E-state index in [-0.39, 0.29) is 5.56 Å². The molecule has 2 N–H and O–H groups in total. The van der Waals surface area contributed by atoms with Crippen LogP contribution >= 0.6 is 11.8 Å². The summed E-state index contributed by atoms with van der Waals surface area (Å²) in [6, 6.07) is 7.67. The number of hydrogen-bond acceptors (Lipinski definition) is 7. The number of nitrogens with zero attached hydrogens (tertiary/aromatic N) is 3. The molecule has 2 heterocycles. The van der Waals surface area contributed by atoms with Crippen LogP contribution in [0.15, 0.2) is 33.6 Å². The van der Waals surface area contributed by atoms with Crippen LogP contribution in [0.25, 0.3) is 10.9 Å². The van der Waals surface area contributed by atoms with E-state index in [4.69, 9.17) is 4.52 Å². The predicted molar refractivity (Wildman–Crippen MR) is 98.8 cm³/mol. The fourth-order valence-corrected chi connectivity index (χ4v) is 3.18. The summed E-state index contributed by atoms with van der Waals surface area (Å²) in [5, 5.41) is 7.76. The lowest BCUT2D eigenvalue weighted by Crippen LogP contribution is -2.24. The van der Waals surface area contributed by atoms with Crippen molar-refractivity contribution in [3.8, 4) is 0 Å². The lowest BCUT2D eigenvalue weighted by Gasteiger charge is -2.04. The van der Waals surface area contributed by atoms with Crippen molar-refractivity contribution >= 4 is 22.7 Å². The molecule has 25 heavy (non-hydrogen) atoms. The molecular formula is C17H21N5O2S. The molecule has 8 heteroatoms. The zero-order valence-corrected chi connectivity index (χ0v) is 15.1. The number of aromatic nitrogens is 4. The van der Waals surface area contributed by atoms with Crippen molar-refractivity contribution < 1.29 is 4.52 Å². The molecule has 1 atom stereocenters. The third-order valence-electron chi connectivity index (χ3n) is 3.85. The summed E-state index contributed by atoms with van der Waals surface area (Å²) in [7, 11) is 1.91. The first-order valence-corrected chi connectivity index (χ1v) is 9.35. The quantitative estimate of drug-likeness (QED) is 0.593. The van der Waals surface area contributed by atoms with E-state index in [2.05, 4.69) is 32.3 Å². The van der Waals surface area contributed by atoms with Gasteiger partial charge in [0.1, 0.15) is 5.82 Å². The van der Waals surface area contributed by atoms with Crippen molar-refractivity contribution in [3.63, 3.8) is 0 Å². The smallest absolute Gasteiger partial charge is 0.258 e. The summed E-state index contributed by atoms with van der Waals surface area (Å²) in [5.74, 6) is 3.51. The Morgan fingerprint density at radius 3 is 3.00 bits per heavy atom. The van der Waals surface area contributed by atoms with Crippen LogP contribution in [0.3, 0.4) is 0 Å². The van der Waals surface area contributed by atoms with Gasteiger partial charge in [-0.25, -0.2) is 4.98 Å². The molecule has 3 rings (SSSR count). The van der Waals surface area contributed by atoms with Gasteiger partial charge >= 0.3 is 0 Å². The standard InChI is InChI=1S/C17H21N5O2S/c1-11(18-2)9-14-20-16(24-22-14)7-8-25-10-15-19-13-6-4-3-5-12(13)17(23)21-15/h3-6,11,18H,7-10H2,1-2H3,(H,19,21,23). The molecule has 3 aromatic rings. The van der Waals surface area contributed by atoms with Crippen LogP contribution in [-0.2, 0) is 18.6 Å². The molecule has 132 valence electrons. The lowest BCUT2D eigenvalue weighted by molar-refractivity contribution is 0.375. The zero-order valence-electron chi connectivity index (χ0n) is 14.3. The summed E-state index contributed by atoms with van der Waals surface area (Å²) in [6.07, 6.45) is 1.44. The van der Waals surface area contributed by atoms with Gasteiger partial charge in [0, 0.05) is 24.6 Å². The summed E-state index contributed by atoms with van der Waals surface area (Å²) in [4.78, 5) is 23.7. The Labute approximate surface area is 149 Å². The Morgan fingerprint density at radius 1 is 1.32 bits per heavy atom. The summed E-state index contributed by atoms with van der Waals surface area (Å²) < 4.78 is 5.26. The number of thioether (sulfide) groups is 1. The van der Waals surface area contributed by atoms with E-state index < -0.39 is 0 Å². The van der Waals surface area contributed by atoms with Crippen molar-refractivity contribution in [1.29, 1.82) is 0 Å². The van der Waals surface area contributed by atoms with Gasteiger partial charge in [-0.05, 0) is 26.1 Å². The van der Waals surface area contributed by atoms with Gasteiger partial charge in [0.2, 0.25) is 5.89 Å². The van der Waals surface area contributed by atoms with E-state index in [1.54, 1.807) is 17.8 Å². The Kier molecular flexibility index (Phi) is 5.83. The van der Waals surface area contributed by atoms with Gasteiger partial charge in [-0.2, -0.15) is 16.7 Å². The molecular weight excluding hydrogens is 338 g/mol. The highest BCUT2D eigenvalue weighted by atomic mass is 32.2. The van der Waals surface area contributed by atoms with Gasteiger partial charge in [0.05, 0.1) is 16.7 Å². The first kappa shape index (κ1) is 17.6. The monoisotopic (exact) mass is 359 g/mol. The van der Waals surface area contributed by atoms with E-state index in [1.165, 1.54) is 0 Å². The van der Waals surface area contributed by atoms with Crippen LogP contribution in [-0.4, -0.2) is 39.0 Å². The van der Waals surface area contributed by atoms with Crippen molar-refractivity contribution in [3.05, 3.63) is 52.2 Å². The molecule has 7 nitrogen and oxygen atoms in total. The average Bonchev–Trinajstić information content (AvgIpc) is 3.06. The minimum Gasteiger partial charge on any atom is -0.339 e. The van der Waals surface area contributed by atoms with Crippen LogP contribution in [0.4, 0.5) is 0 Å². The Balaban J connectivity index is 1.51. The van der Waals surface area contributed by atoms with Crippen molar-refractivity contribution in [2.75, 3.05) is 12.8 Å². The van der Waals surface area contributed by atoms with Gasteiger partial charge in [-0.3, -0.25) is 4.79 Å². The van der Waals surface area contributed by atoms with Crippen molar-refractivity contribution in [2.45, 2.75) is 31.6 Å². The summed E-state index contributed by atoms with van der Waals surface area (Å²) in [6.45, 7) is 2.07. The second-order valence-electron chi connectivity index (χ2n) is 5.83. The average molecular weight is 359 g/mol. The van der Waals surface area contributed by atoms with Crippen molar-refractivity contribution in [2.24, 2.45) is 0 Å². The minimum absolute atomic E-state index is 0.0959. The highest BCUT2D eigenvalue weighted by Crippen LogP contribution is 2.13. The number of hydrogen-bond donors (Lipinski definition) is 2. The molecule has 0 aliphatic heterocycles. The van der Waals surface area contributed by atoms with Crippen LogP contribution < -0.4 is 10.9 Å². The lowest BCUT2D eigenvalue weighted by atomic mass is 10.2. The fourth-order valence-electron chi connectivity index (χ4n) is 2.38. The SMILES string of the molecule is CNC(C)Cc1noc(CCSCc2nc3ccccc3c(=O)[nH]2)n1. The maximum atomic E-state index is 12.0. The number of rotatable bonds is 8. The van der Waals surface area contributed by atoms with Gasteiger partial charge < -0.3 is 14.8 Å². The number of para-hydroxylation sites is 1. The number of aromatic amines is 1. The predicted octanol–water partition coefficient (Wildman–Crippen LogP) is 1.93. The summed E-state index contributed by atoms with van der Waals surface area (Å²) in [5.41, 5.74) is 0.628.